The quantitative estimate of drug-likeness (QED) is 0.756. The molecule has 0 heterocycles. The van der Waals surface area contributed by atoms with Crippen LogP contribution in [0, 0.1) is 0 Å². The molecule has 0 fully saturated rings. The summed E-state index contributed by atoms with van der Waals surface area (Å²) in [7, 11) is 0. The first kappa shape index (κ1) is 16.6. The SMILES string of the molecule is CC(C)N(CCC(N)=S)C(=O)c1cc(Br)cc(Br)c1. The van der Waals surface area contributed by atoms with E-state index in [1.54, 1.807) is 4.90 Å². The molecule has 0 saturated heterocycles. The molecule has 0 aromatic heterocycles. The van der Waals surface area contributed by atoms with Crippen molar-refractivity contribution < 1.29 is 4.79 Å². The molecule has 1 amide bonds. The van der Waals surface area contributed by atoms with Crippen molar-refractivity contribution in [3.63, 3.8) is 0 Å². The zero-order valence-electron chi connectivity index (χ0n) is 10.8. The third kappa shape index (κ3) is 5.20. The van der Waals surface area contributed by atoms with Crippen LogP contribution in [-0.4, -0.2) is 28.4 Å². The van der Waals surface area contributed by atoms with Gasteiger partial charge in [0.25, 0.3) is 5.91 Å². The Hall–Kier alpha value is -0.460. The standard InChI is InChI=1S/C13H16Br2N2OS/c1-8(2)17(4-3-12(16)19)13(18)9-5-10(14)7-11(15)6-9/h5-8H,3-4H2,1-2H3,(H2,16,19). The minimum Gasteiger partial charge on any atom is -0.393 e. The number of amides is 1. The number of thiocarbonyl (C=S) groups is 1. The van der Waals surface area contributed by atoms with Crippen LogP contribution < -0.4 is 5.73 Å². The van der Waals surface area contributed by atoms with Crippen LogP contribution >= 0.6 is 44.1 Å². The predicted molar refractivity (Wildman–Crippen MR) is 89.4 cm³/mol. The monoisotopic (exact) mass is 406 g/mol. The van der Waals surface area contributed by atoms with Gasteiger partial charge in [0.05, 0.1) is 4.99 Å². The topological polar surface area (TPSA) is 46.3 Å². The first-order chi connectivity index (χ1) is 8.81. The summed E-state index contributed by atoms with van der Waals surface area (Å²) in [5.41, 5.74) is 6.14. The van der Waals surface area contributed by atoms with E-state index in [0.29, 0.717) is 23.5 Å². The van der Waals surface area contributed by atoms with E-state index >= 15 is 0 Å². The van der Waals surface area contributed by atoms with Gasteiger partial charge in [-0.25, -0.2) is 0 Å². The van der Waals surface area contributed by atoms with E-state index in [0.717, 1.165) is 8.95 Å². The predicted octanol–water partition coefficient (Wildman–Crippen LogP) is 3.74. The maximum Gasteiger partial charge on any atom is 0.254 e. The van der Waals surface area contributed by atoms with E-state index in [1.807, 2.05) is 32.0 Å². The van der Waals surface area contributed by atoms with Gasteiger partial charge in [-0.3, -0.25) is 4.79 Å². The van der Waals surface area contributed by atoms with Crippen LogP contribution in [0.2, 0.25) is 0 Å². The average molecular weight is 408 g/mol. The minimum absolute atomic E-state index is 0.0201. The number of hydrogen-bond donors (Lipinski definition) is 1. The van der Waals surface area contributed by atoms with E-state index < -0.39 is 0 Å². The number of carbonyl (C=O) groups excluding carboxylic acids is 1. The molecule has 0 radical (unpaired) electrons. The number of nitrogens with zero attached hydrogens (tertiary/aromatic N) is 1. The molecule has 1 aromatic rings. The number of benzene rings is 1. The first-order valence-electron chi connectivity index (χ1n) is 5.86. The van der Waals surface area contributed by atoms with E-state index in [2.05, 4.69) is 31.9 Å². The molecule has 0 saturated carbocycles. The molecule has 104 valence electrons. The zero-order valence-corrected chi connectivity index (χ0v) is 14.8. The molecule has 3 nitrogen and oxygen atoms in total. The number of rotatable bonds is 5. The lowest BCUT2D eigenvalue weighted by Gasteiger charge is -2.27. The normalized spacial score (nSPS) is 10.6. The van der Waals surface area contributed by atoms with E-state index in [1.165, 1.54) is 0 Å². The summed E-state index contributed by atoms with van der Waals surface area (Å²) in [6.45, 7) is 4.49. The van der Waals surface area contributed by atoms with Crippen LogP contribution in [-0.2, 0) is 0 Å². The van der Waals surface area contributed by atoms with Crippen LogP contribution in [0.25, 0.3) is 0 Å². The number of carbonyl (C=O) groups is 1. The Labute approximate surface area is 135 Å². The van der Waals surface area contributed by atoms with Crippen molar-refractivity contribution in [1.82, 2.24) is 4.90 Å². The highest BCUT2D eigenvalue weighted by atomic mass is 79.9. The Bertz CT molecular complexity index is 471. The second-order valence-electron chi connectivity index (χ2n) is 4.47. The van der Waals surface area contributed by atoms with Gasteiger partial charge in [-0.05, 0) is 32.0 Å². The molecule has 19 heavy (non-hydrogen) atoms. The largest absolute Gasteiger partial charge is 0.393 e. The van der Waals surface area contributed by atoms with Crippen molar-refractivity contribution in [2.45, 2.75) is 26.3 Å². The maximum atomic E-state index is 12.5. The van der Waals surface area contributed by atoms with Crippen LogP contribution in [0.15, 0.2) is 27.1 Å². The number of hydrogen-bond acceptors (Lipinski definition) is 2. The molecule has 1 aromatic carbocycles. The summed E-state index contributed by atoms with van der Waals surface area (Å²) in [5.74, 6) is -0.0201. The van der Waals surface area contributed by atoms with E-state index in [-0.39, 0.29) is 11.9 Å². The molecule has 0 aliphatic carbocycles. The Morgan fingerprint density at radius 3 is 2.26 bits per heavy atom. The van der Waals surface area contributed by atoms with Crippen molar-refractivity contribution >= 4 is 55.0 Å². The molecule has 0 bridgehead atoms. The Kier molecular flexibility index (Phi) is 6.42. The van der Waals surface area contributed by atoms with Gasteiger partial charge in [0.2, 0.25) is 0 Å². The fourth-order valence-electron chi connectivity index (χ4n) is 1.67. The molecular formula is C13H16Br2N2OS. The van der Waals surface area contributed by atoms with Crippen molar-refractivity contribution in [2.75, 3.05) is 6.54 Å². The fourth-order valence-corrected chi connectivity index (χ4v) is 3.05. The van der Waals surface area contributed by atoms with Crippen LogP contribution in [0.3, 0.4) is 0 Å². The van der Waals surface area contributed by atoms with Gasteiger partial charge in [-0.1, -0.05) is 44.1 Å². The Morgan fingerprint density at radius 1 is 1.32 bits per heavy atom. The summed E-state index contributed by atoms with van der Waals surface area (Å²) in [6.07, 6.45) is 0.536. The van der Waals surface area contributed by atoms with Gasteiger partial charge >= 0.3 is 0 Å². The lowest BCUT2D eigenvalue weighted by atomic mass is 10.1. The lowest BCUT2D eigenvalue weighted by molar-refractivity contribution is 0.0711. The van der Waals surface area contributed by atoms with Crippen LogP contribution in [0.1, 0.15) is 30.6 Å². The van der Waals surface area contributed by atoms with Gasteiger partial charge in [-0.15, -0.1) is 0 Å². The summed E-state index contributed by atoms with van der Waals surface area (Å²) in [4.78, 5) is 14.7. The highest BCUT2D eigenvalue weighted by Gasteiger charge is 2.19. The van der Waals surface area contributed by atoms with E-state index in [4.69, 9.17) is 18.0 Å². The number of halogens is 2. The van der Waals surface area contributed by atoms with Crippen molar-refractivity contribution in [3.05, 3.63) is 32.7 Å². The van der Waals surface area contributed by atoms with Crippen LogP contribution in [0.4, 0.5) is 0 Å². The molecule has 0 aliphatic heterocycles. The molecule has 0 aliphatic rings. The minimum atomic E-state index is -0.0201. The second-order valence-corrected chi connectivity index (χ2v) is 6.82. The summed E-state index contributed by atoms with van der Waals surface area (Å²) < 4.78 is 1.73. The maximum absolute atomic E-state index is 12.5. The third-order valence-corrected chi connectivity index (χ3v) is 3.71. The molecule has 2 N–H and O–H groups in total. The molecule has 6 heteroatoms. The van der Waals surface area contributed by atoms with E-state index in [9.17, 15) is 4.79 Å². The van der Waals surface area contributed by atoms with Gasteiger partial charge in [0.15, 0.2) is 0 Å². The van der Waals surface area contributed by atoms with Gasteiger partial charge in [-0.2, -0.15) is 0 Å². The van der Waals surface area contributed by atoms with Crippen molar-refractivity contribution in [3.8, 4) is 0 Å². The Morgan fingerprint density at radius 2 is 1.84 bits per heavy atom. The molecule has 0 spiro atoms. The first-order valence-corrected chi connectivity index (χ1v) is 7.86. The summed E-state index contributed by atoms with van der Waals surface area (Å²) in [5, 5.41) is 0. The third-order valence-electron chi connectivity index (χ3n) is 2.59. The van der Waals surface area contributed by atoms with Gasteiger partial charge in [0.1, 0.15) is 0 Å². The number of nitrogens with two attached hydrogens (primary N) is 1. The fraction of sp³-hybridized carbons (Fsp3) is 0.385. The van der Waals surface area contributed by atoms with Gasteiger partial charge < -0.3 is 10.6 Å². The van der Waals surface area contributed by atoms with Crippen LogP contribution in [0.5, 0.6) is 0 Å². The lowest BCUT2D eigenvalue weighted by Crippen LogP contribution is -2.39. The highest BCUT2D eigenvalue weighted by molar-refractivity contribution is 9.11. The second kappa shape index (κ2) is 7.36. The molecule has 1 rings (SSSR count). The van der Waals surface area contributed by atoms with Crippen molar-refractivity contribution in [2.24, 2.45) is 5.73 Å². The summed E-state index contributed by atoms with van der Waals surface area (Å²) >= 11 is 11.6. The van der Waals surface area contributed by atoms with Crippen molar-refractivity contribution in [1.29, 1.82) is 0 Å². The smallest absolute Gasteiger partial charge is 0.254 e. The Balaban J connectivity index is 2.95. The molecular weight excluding hydrogens is 392 g/mol. The molecule has 0 unspecified atom stereocenters. The van der Waals surface area contributed by atoms with Gasteiger partial charge in [0, 0.05) is 33.5 Å². The molecule has 0 atom stereocenters. The average Bonchev–Trinajstić information content (AvgIpc) is 2.26. The summed E-state index contributed by atoms with van der Waals surface area (Å²) in [6, 6.07) is 5.61. The highest BCUT2D eigenvalue weighted by Crippen LogP contribution is 2.21. The zero-order chi connectivity index (χ0) is 14.6.